The molecule has 0 bridgehead atoms. The summed E-state index contributed by atoms with van der Waals surface area (Å²) in [5.74, 6) is -2.85. The molecule has 0 spiro atoms. The second-order valence-corrected chi connectivity index (χ2v) is 5.89. The standard InChI is InChI=1S/C20H16N2O6.K/c23-17(24)12-28-16-9-5-4-8-14(16)10-15-18(25)21-20(27)22(19(15)26)11-13-6-2-1-3-7-13;/h1-10H,11-12H2,(H,23,24)(H,21,25,27);/q;+1/p-1. The second kappa shape index (κ2) is 10.5. The quantitative estimate of drug-likeness (QED) is 0.315. The third kappa shape index (κ3) is 5.84. The van der Waals surface area contributed by atoms with Gasteiger partial charge in [0.05, 0.1) is 12.5 Å². The second-order valence-electron chi connectivity index (χ2n) is 5.89. The molecule has 8 nitrogen and oxygen atoms in total. The Morgan fingerprint density at radius 2 is 1.69 bits per heavy atom. The number of urea groups is 1. The summed E-state index contributed by atoms with van der Waals surface area (Å²) in [7, 11) is 0. The Hall–Kier alpha value is -2.30. The third-order valence-corrected chi connectivity index (χ3v) is 3.93. The summed E-state index contributed by atoms with van der Waals surface area (Å²) < 4.78 is 5.12. The van der Waals surface area contributed by atoms with Gasteiger partial charge in [0.15, 0.2) is 0 Å². The minimum Gasteiger partial charge on any atom is -0.546 e. The van der Waals surface area contributed by atoms with E-state index < -0.39 is 30.4 Å². The van der Waals surface area contributed by atoms with Gasteiger partial charge >= 0.3 is 57.4 Å². The molecule has 1 heterocycles. The molecule has 9 heteroatoms. The average molecular weight is 418 g/mol. The first-order chi connectivity index (χ1) is 13.5. The van der Waals surface area contributed by atoms with Crippen molar-refractivity contribution in [3.63, 3.8) is 0 Å². The van der Waals surface area contributed by atoms with E-state index in [9.17, 15) is 24.3 Å². The number of benzene rings is 2. The minimum atomic E-state index is -1.41. The number of nitrogens with zero attached hydrogens (tertiary/aromatic N) is 1. The molecule has 2 aromatic carbocycles. The molecule has 1 N–H and O–H groups in total. The van der Waals surface area contributed by atoms with Crippen LogP contribution in [-0.2, 0) is 20.9 Å². The van der Waals surface area contributed by atoms with Gasteiger partial charge in [0.1, 0.15) is 17.9 Å². The van der Waals surface area contributed by atoms with Crippen molar-refractivity contribution in [3.05, 3.63) is 71.3 Å². The number of ether oxygens (including phenoxy) is 1. The number of barbiturate groups is 1. The van der Waals surface area contributed by atoms with Crippen LogP contribution in [0.5, 0.6) is 5.75 Å². The molecular formula is C20H15KN2O6. The number of para-hydroxylation sites is 1. The van der Waals surface area contributed by atoms with Gasteiger partial charge in [-0.25, -0.2) is 4.79 Å². The van der Waals surface area contributed by atoms with Crippen LogP contribution in [0, 0.1) is 0 Å². The maximum Gasteiger partial charge on any atom is 1.00 e. The van der Waals surface area contributed by atoms with Crippen molar-refractivity contribution in [1.29, 1.82) is 0 Å². The molecule has 1 aliphatic rings. The Morgan fingerprint density at radius 3 is 2.38 bits per heavy atom. The van der Waals surface area contributed by atoms with Gasteiger partial charge in [-0.15, -0.1) is 0 Å². The van der Waals surface area contributed by atoms with Crippen molar-refractivity contribution in [1.82, 2.24) is 10.2 Å². The predicted molar refractivity (Wildman–Crippen MR) is 95.5 cm³/mol. The van der Waals surface area contributed by atoms with E-state index in [-0.39, 0.29) is 69.3 Å². The molecule has 0 aliphatic carbocycles. The molecule has 142 valence electrons. The Labute approximate surface area is 208 Å². The van der Waals surface area contributed by atoms with E-state index in [4.69, 9.17) is 4.74 Å². The number of hydrogen-bond donors (Lipinski definition) is 1. The van der Waals surface area contributed by atoms with Crippen LogP contribution in [0.3, 0.4) is 0 Å². The van der Waals surface area contributed by atoms with Crippen molar-refractivity contribution in [3.8, 4) is 5.75 Å². The summed E-state index contributed by atoms with van der Waals surface area (Å²) in [4.78, 5) is 48.6. The van der Waals surface area contributed by atoms with Crippen LogP contribution in [0.1, 0.15) is 11.1 Å². The van der Waals surface area contributed by atoms with Crippen LogP contribution < -0.4 is 66.5 Å². The van der Waals surface area contributed by atoms with Crippen molar-refractivity contribution in [2.24, 2.45) is 0 Å². The third-order valence-electron chi connectivity index (χ3n) is 3.93. The van der Waals surface area contributed by atoms with E-state index in [0.717, 1.165) is 10.5 Å². The molecule has 1 aliphatic heterocycles. The zero-order valence-electron chi connectivity index (χ0n) is 15.6. The van der Waals surface area contributed by atoms with Gasteiger partial charge in [0.2, 0.25) is 0 Å². The molecule has 0 aromatic heterocycles. The fourth-order valence-electron chi connectivity index (χ4n) is 2.63. The largest absolute Gasteiger partial charge is 1.00 e. The topological polar surface area (TPSA) is 116 Å². The number of amides is 4. The SMILES string of the molecule is O=C([O-])COc1ccccc1C=C1C(=O)NC(=O)N(Cc2ccccc2)C1=O.[K+]. The van der Waals surface area contributed by atoms with E-state index >= 15 is 0 Å². The zero-order valence-corrected chi connectivity index (χ0v) is 18.7. The summed E-state index contributed by atoms with van der Waals surface area (Å²) in [5, 5.41) is 12.8. The summed E-state index contributed by atoms with van der Waals surface area (Å²) in [6.45, 7) is -0.683. The van der Waals surface area contributed by atoms with Crippen LogP contribution >= 0.6 is 0 Å². The normalized spacial score (nSPS) is 15.0. The van der Waals surface area contributed by atoms with Crippen LogP contribution in [0.25, 0.3) is 6.08 Å². The van der Waals surface area contributed by atoms with Crippen molar-refractivity contribution >= 4 is 29.9 Å². The van der Waals surface area contributed by atoms with E-state index in [0.29, 0.717) is 5.56 Å². The van der Waals surface area contributed by atoms with Crippen LogP contribution in [0.15, 0.2) is 60.2 Å². The molecular weight excluding hydrogens is 403 g/mol. The van der Waals surface area contributed by atoms with E-state index in [1.54, 1.807) is 48.5 Å². The van der Waals surface area contributed by atoms with Gasteiger partial charge in [0.25, 0.3) is 11.8 Å². The van der Waals surface area contributed by atoms with Crippen molar-refractivity contribution < 1.29 is 80.4 Å². The molecule has 1 saturated heterocycles. The Morgan fingerprint density at radius 1 is 1.03 bits per heavy atom. The molecule has 4 amide bonds. The molecule has 0 unspecified atom stereocenters. The summed E-state index contributed by atoms with van der Waals surface area (Å²) in [6.07, 6.45) is 1.26. The first kappa shape index (κ1) is 23.0. The number of rotatable bonds is 6. The molecule has 0 saturated carbocycles. The number of nitrogens with one attached hydrogen (secondary N) is 1. The van der Waals surface area contributed by atoms with E-state index in [1.807, 2.05) is 0 Å². The number of carbonyl (C=O) groups is 4. The van der Waals surface area contributed by atoms with Gasteiger partial charge in [-0.2, -0.15) is 0 Å². The Balaban J connectivity index is 0.00000300. The van der Waals surface area contributed by atoms with Gasteiger partial charge < -0.3 is 14.6 Å². The van der Waals surface area contributed by atoms with Crippen molar-refractivity contribution in [2.75, 3.05) is 6.61 Å². The smallest absolute Gasteiger partial charge is 0.546 e. The molecule has 0 radical (unpaired) electrons. The molecule has 1 fully saturated rings. The average Bonchev–Trinajstić information content (AvgIpc) is 2.68. The van der Waals surface area contributed by atoms with E-state index in [2.05, 4.69) is 5.32 Å². The predicted octanol–water partition coefficient (Wildman–Crippen LogP) is -2.52. The Bertz CT molecular complexity index is 974. The Kier molecular flexibility index (Phi) is 8.29. The zero-order chi connectivity index (χ0) is 20.1. The fourth-order valence-corrected chi connectivity index (χ4v) is 2.63. The number of imide groups is 2. The maximum absolute atomic E-state index is 12.8. The number of carboxylic acids is 1. The fraction of sp³-hybridized carbons (Fsp3) is 0.100. The van der Waals surface area contributed by atoms with E-state index in [1.165, 1.54) is 12.1 Å². The first-order valence-electron chi connectivity index (χ1n) is 8.30. The molecule has 3 rings (SSSR count). The van der Waals surface area contributed by atoms with Gasteiger partial charge in [-0.1, -0.05) is 48.5 Å². The van der Waals surface area contributed by atoms with Crippen LogP contribution in [0.2, 0.25) is 0 Å². The summed E-state index contributed by atoms with van der Waals surface area (Å²) >= 11 is 0. The number of hydrogen-bond acceptors (Lipinski definition) is 6. The first-order valence-corrected chi connectivity index (χ1v) is 8.30. The van der Waals surface area contributed by atoms with Gasteiger partial charge in [0, 0.05) is 5.56 Å². The van der Waals surface area contributed by atoms with Crippen LogP contribution in [-0.4, -0.2) is 35.3 Å². The summed E-state index contributed by atoms with van der Waals surface area (Å²) in [5.41, 5.74) is 0.772. The molecule has 0 atom stereocenters. The van der Waals surface area contributed by atoms with Crippen molar-refractivity contribution in [2.45, 2.75) is 6.54 Å². The molecule has 2 aromatic rings. The molecule has 29 heavy (non-hydrogen) atoms. The minimum absolute atomic E-state index is 0. The number of carbonyl (C=O) groups excluding carboxylic acids is 4. The van der Waals surface area contributed by atoms with Crippen LogP contribution in [0.4, 0.5) is 4.79 Å². The summed E-state index contributed by atoms with van der Waals surface area (Å²) in [6, 6.07) is 14.3. The number of aliphatic carboxylic acids is 1. The monoisotopic (exact) mass is 418 g/mol. The number of carboxylic acid groups (broad SMARTS) is 1. The van der Waals surface area contributed by atoms with Gasteiger partial charge in [-0.05, 0) is 17.7 Å². The maximum atomic E-state index is 12.8. The van der Waals surface area contributed by atoms with Gasteiger partial charge in [-0.3, -0.25) is 19.8 Å².